The van der Waals surface area contributed by atoms with Crippen LogP contribution in [0, 0.1) is 11.3 Å². The summed E-state index contributed by atoms with van der Waals surface area (Å²) in [4.78, 5) is 4.12. The molecule has 4 rings (SSSR count). The van der Waals surface area contributed by atoms with Crippen molar-refractivity contribution < 1.29 is 17.9 Å². The van der Waals surface area contributed by atoms with Crippen LogP contribution in [0.3, 0.4) is 0 Å². The zero-order valence-electron chi connectivity index (χ0n) is 17.8. The quantitative estimate of drug-likeness (QED) is 0.357. The molecule has 0 bridgehead atoms. The number of allylic oxidation sites excluding steroid dienone is 1. The Hall–Kier alpha value is -4.15. The first kappa shape index (κ1) is 22.1. The second-order valence-electron chi connectivity index (χ2n) is 7.13. The van der Waals surface area contributed by atoms with Crippen LogP contribution in [-0.2, 0) is 16.4 Å². The van der Waals surface area contributed by atoms with Gasteiger partial charge in [-0.1, -0.05) is 42.5 Å². The van der Waals surface area contributed by atoms with Crippen molar-refractivity contribution in [2.45, 2.75) is 11.5 Å². The molecule has 1 aromatic heterocycles. The minimum atomic E-state index is -3.93. The summed E-state index contributed by atoms with van der Waals surface area (Å²) < 4.78 is 37.2. The van der Waals surface area contributed by atoms with Crippen molar-refractivity contribution in [3.05, 3.63) is 101 Å². The van der Waals surface area contributed by atoms with Crippen LogP contribution < -0.4 is 9.47 Å². The maximum atomic E-state index is 12.9. The first-order valence-electron chi connectivity index (χ1n) is 10.1. The van der Waals surface area contributed by atoms with Gasteiger partial charge in [0.1, 0.15) is 34.6 Å². The highest BCUT2D eigenvalue weighted by Crippen LogP contribution is 2.28. The molecule has 3 aromatic carbocycles. The molecule has 0 spiro atoms. The van der Waals surface area contributed by atoms with Gasteiger partial charge in [0.25, 0.3) is 0 Å². The number of hydrogen-bond donors (Lipinski definition) is 0. The van der Waals surface area contributed by atoms with Crippen LogP contribution in [0.4, 0.5) is 0 Å². The fourth-order valence-corrected chi connectivity index (χ4v) is 4.58. The molecule has 0 aliphatic heterocycles. The summed E-state index contributed by atoms with van der Waals surface area (Å²) >= 11 is 0. The molecular weight excluding hydrogens is 436 g/mol. The van der Waals surface area contributed by atoms with Gasteiger partial charge in [-0.3, -0.25) is 4.98 Å². The van der Waals surface area contributed by atoms with E-state index >= 15 is 0 Å². The molecule has 0 saturated carbocycles. The lowest BCUT2D eigenvalue weighted by Gasteiger charge is -2.12. The molecule has 0 amide bonds. The first-order valence-corrected chi connectivity index (χ1v) is 11.6. The fraction of sp³-hybridized carbons (Fsp3) is 0.0769. The van der Waals surface area contributed by atoms with Gasteiger partial charge in [-0.25, -0.2) is 8.42 Å². The minimum Gasteiger partial charge on any atom is -0.496 e. The summed E-state index contributed by atoms with van der Waals surface area (Å²) in [5, 5.41) is 10.5. The van der Waals surface area contributed by atoms with Crippen LogP contribution in [0.25, 0.3) is 17.0 Å². The average molecular weight is 457 g/mol. The van der Waals surface area contributed by atoms with E-state index in [9.17, 15) is 13.7 Å². The minimum absolute atomic E-state index is 0.0679. The van der Waals surface area contributed by atoms with Gasteiger partial charge in [0.05, 0.1) is 12.0 Å². The molecule has 6 nitrogen and oxygen atoms in total. The van der Waals surface area contributed by atoms with Crippen LogP contribution in [-0.4, -0.2) is 20.5 Å². The molecule has 0 saturated heterocycles. The Bertz CT molecular complexity index is 1470. The van der Waals surface area contributed by atoms with E-state index in [0.29, 0.717) is 22.6 Å². The van der Waals surface area contributed by atoms with Crippen LogP contribution in [0.15, 0.2) is 94.9 Å². The number of methoxy groups -OCH3 is 1. The summed E-state index contributed by atoms with van der Waals surface area (Å²) in [6.45, 7) is 0.174. The van der Waals surface area contributed by atoms with Crippen molar-refractivity contribution >= 4 is 26.8 Å². The van der Waals surface area contributed by atoms with Crippen molar-refractivity contribution in [3.63, 3.8) is 0 Å². The third kappa shape index (κ3) is 4.71. The Labute approximate surface area is 192 Å². The molecule has 33 heavy (non-hydrogen) atoms. The van der Waals surface area contributed by atoms with E-state index < -0.39 is 9.84 Å². The molecule has 0 fully saturated rings. The summed E-state index contributed by atoms with van der Waals surface area (Å²) in [5.74, 6) is 1.21. The molecule has 4 aromatic rings. The van der Waals surface area contributed by atoms with Gasteiger partial charge >= 0.3 is 0 Å². The smallest absolute Gasteiger partial charge is 0.216 e. The van der Waals surface area contributed by atoms with E-state index in [1.165, 1.54) is 18.2 Å². The Morgan fingerprint density at radius 1 is 1.00 bits per heavy atom. The SMILES string of the molecule is COc1ccc(C=C(C#N)S(=O)(=O)c2ccccc2)cc1COc1cccc2cccnc12. The van der Waals surface area contributed by atoms with E-state index in [1.807, 2.05) is 36.4 Å². The van der Waals surface area contributed by atoms with E-state index in [4.69, 9.17) is 9.47 Å². The number of nitriles is 1. The maximum absolute atomic E-state index is 12.9. The normalized spacial score (nSPS) is 11.7. The van der Waals surface area contributed by atoms with Gasteiger partial charge in [0, 0.05) is 17.1 Å². The second kappa shape index (κ2) is 9.55. The summed E-state index contributed by atoms with van der Waals surface area (Å²) in [6.07, 6.45) is 3.06. The van der Waals surface area contributed by atoms with Crippen LogP contribution in [0.5, 0.6) is 11.5 Å². The molecule has 0 radical (unpaired) electrons. The zero-order valence-corrected chi connectivity index (χ0v) is 18.6. The van der Waals surface area contributed by atoms with Crippen molar-refractivity contribution in [2.24, 2.45) is 0 Å². The van der Waals surface area contributed by atoms with Gasteiger partial charge in [-0.05, 0) is 48.0 Å². The molecular formula is C26H20N2O4S. The van der Waals surface area contributed by atoms with Gasteiger partial charge < -0.3 is 9.47 Å². The van der Waals surface area contributed by atoms with E-state index in [0.717, 1.165) is 10.9 Å². The van der Waals surface area contributed by atoms with Crippen molar-refractivity contribution in [2.75, 3.05) is 7.11 Å². The highest BCUT2D eigenvalue weighted by Gasteiger charge is 2.20. The number of para-hydroxylation sites is 1. The summed E-state index contributed by atoms with van der Waals surface area (Å²) in [5.41, 5.74) is 1.99. The highest BCUT2D eigenvalue weighted by molar-refractivity contribution is 7.95. The number of hydrogen-bond acceptors (Lipinski definition) is 6. The lowest BCUT2D eigenvalue weighted by atomic mass is 10.1. The Balaban J connectivity index is 1.66. The first-order chi connectivity index (χ1) is 16.0. The predicted octanol–water partition coefficient (Wildman–Crippen LogP) is 5.16. The molecule has 1 heterocycles. The van der Waals surface area contributed by atoms with Gasteiger partial charge in [0.2, 0.25) is 9.84 Å². The summed E-state index contributed by atoms with van der Waals surface area (Å²) in [7, 11) is -2.38. The number of nitrogens with zero attached hydrogens (tertiary/aromatic N) is 2. The highest BCUT2D eigenvalue weighted by atomic mass is 32.2. The Kier molecular flexibility index (Phi) is 6.38. The van der Waals surface area contributed by atoms with E-state index in [-0.39, 0.29) is 16.4 Å². The molecule has 0 atom stereocenters. The number of pyridine rings is 1. The molecule has 0 N–H and O–H groups in total. The van der Waals surface area contributed by atoms with Crippen LogP contribution >= 0.6 is 0 Å². The van der Waals surface area contributed by atoms with Crippen molar-refractivity contribution in [1.29, 1.82) is 5.26 Å². The molecule has 0 unspecified atom stereocenters. The topological polar surface area (TPSA) is 89.3 Å². The third-order valence-corrected chi connectivity index (χ3v) is 6.72. The maximum Gasteiger partial charge on any atom is 0.216 e. The number of benzene rings is 3. The zero-order chi connectivity index (χ0) is 23.3. The average Bonchev–Trinajstić information content (AvgIpc) is 2.86. The number of sulfone groups is 1. The van der Waals surface area contributed by atoms with Gasteiger partial charge in [0.15, 0.2) is 0 Å². The lowest BCUT2D eigenvalue weighted by molar-refractivity contribution is 0.299. The van der Waals surface area contributed by atoms with E-state index in [1.54, 1.807) is 49.7 Å². The van der Waals surface area contributed by atoms with Crippen LogP contribution in [0.2, 0.25) is 0 Å². The van der Waals surface area contributed by atoms with Gasteiger partial charge in [-0.2, -0.15) is 5.26 Å². The number of rotatable bonds is 7. The monoisotopic (exact) mass is 456 g/mol. The number of ether oxygens (including phenoxy) is 2. The summed E-state index contributed by atoms with van der Waals surface area (Å²) in [6, 6.07) is 24.4. The fourth-order valence-electron chi connectivity index (χ4n) is 3.40. The third-order valence-electron chi connectivity index (χ3n) is 5.03. The molecule has 0 aliphatic rings. The Morgan fingerprint density at radius 3 is 2.55 bits per heavy atom. The second-order valence-corrected chi connectivity index (χ2v) is 9.05. The molecule has 164 valence electrons. The van der Waals surface area contributed by atoms with E-state index in [2.05, 4.69) is 4.98 Å². The van der Waals surface area contributed by atoms with Crippen molar-refractivity contribution in [3.8, 4) is 17.6 Å². The Morgan fingerprint density at radius 2 is 1.79 bits per heavy atom. The number of fused-ring (bicyclic) bond motifs is 1. The van der Waals surface area contributed by atoms with Crippen molar-refractivity contribution in [1.82, 2.24) is 4.98 Å². The van der Waals surface area contributed by atoms with Crippen LogP contribution in [0.1, 0.15) is 11.1 Å². The number of aromatic nitrogens is 1. The van der Waals surface area contributed by atoms with Gasteiger partial charge in [-0.15, -0.1) is 0 Å². The lowest BCUT2D eigenvalue weighted by Crippen LogP contribution is -2.04. The standard InChI is InChI=1S/C26H20N2O4S/c1-31-24-13-12-19(16-23(17-27)33(29,30)22-9-3-2-4-10-22)15-21(24)18-32-25-11-5-7-20-8-6-14-28-26(20)25/h2-16H,18H2,1H3. The molecule has 0 aliphatic carbocycles. The predicted molar refractivity (Wildman–Crippen MR) is 126 cm³/mol. The molecule has 7 heteroatoms. The largest absolute Gasteiger partial charge is 0.496 e.